The van der Waals surface area contributed by atoms with Crippen molar-refractivity contribution in [2.45, 2.75) is 6.54 Å². The van der Waals surface area contributed by atoms with E-state index in [9.17, 15) is 9.59 Å². The van der Waals surface area contributed by atoms with Crippen molar-refractivity contribution < 1.29 is 23.5 Å². The topological polar surface area (TPSA) is 134 Å². The van der Waals surface area contributed by atoms with E-state index in [1.807, 2.05) is 27.5 Å². The predicted octanol–water partition coefficient (Wildman–Crippen LogP) is 2.96. The van der Waals surface area contributed by atoms with Gasteiger partial charge in [0, 0.05) is 55.4 Å². The number of imidazole rings is 1. The number of anilines is 1. The Morgan fingerprint density at radius 2 is 1.95 bits per heavy atom. The van der Waals surface area contributed by atoms with E-state index in [0.717, 1.165) is 6.54 Å². The fourth-order valence-corrected chi connectivity index (χ4v) is 5.20. The molecule has 0 bridgehead atoms. The summed E-state index contributed by atoms with van der Waals surface area (Å²) in [5, 5.41) is 5.53. The molecule has 1 saturated heterocycles. The van der Waals surface area contributed by atoms with Crippen LogP contribution in [0.25, 0.3) is 22.2 Å². The first-order valence-corrected chi connectivity index (χ1v) is 12.7. The first kappa shape index (κ1) is 25.8. The van der Waals surface area contributed by atoms with Gasteiger partial charge >= 0.3 is 0 Å². The van der Waals surface area contributed by atoms with E-state index in [0.29, 0.717) is 51.2 Å². The number of carbonyl (C=O) groups excluding carboxylic acids is 2. The quantitative estimate of drug-likeness (QED) is 0.265. The molecular formula is C25H23FIN7O4. The molecule has 3 heterocycles. The number of nitrogens with one attached hydrogen (secondary N) is 3. The molecule has 13 heteroatoms. The number of aromatic nitrogens is 4. The smallest absolute Gasteiger partial charge is 0.260 e. The van der Waals surface area contributed by atoms with E-state index in [4.69, 9.17) is 9.47 Å². The van der Waals surface area contributed by atoms with Crippen molar-refractivity contribution in [3.8, 4) is 22.6 Å². The van der Waals surface area contributed by atoms with Crippen LogP contribution in [0.4, 0.5) is 10.3 Å². The summed E-state index contributed by atoms with van der Waals surface area (Å²) in [5.41, 5.74) is 2.25. The summed E-state index contributed by atoms with van der Waals surface area (Å²) in [6.07, 6.45) is 4.63. The Bertz CT molecular complexity index is 1520. The van der Waals surface area contributed by atoms with E-state index < -0.39 is 11.7 Å². The van der Waals surface area contributed by atoms with E-state index in [2.05, 4.69) is 30.6 Å². The molecule has 4 aromatic rings. The zero-order valence-electron chi connectivity index (χ0n) is 20.5. The van der Waals surface area contributed by atoms with Gasteiger partial charge in [-0.1, -0.05) is 6.07 Å². The Kier molecular flexibility index (Phi) is 7.37. The Hall–Kier alpha value is -3.85. The molecule has 38 heavy (non-hydrogen) atoms. The number of halogens is 2. The number of piperazine rings is 1. The Balaban J connectivity index is 1.46. The van der Waals surface area contributed by atoms with Gasteiger partial charge in [-0.25, -0.2) is 9.37 Å². The van der Waals surface area contributed by atoms with Crippen molar-refractivity contribution in [2.24, 2.45) is 0 Å². The van der Waals surface area contributed by atoms with E-state index in [1.54, 1.807) is 18.3 Å². The molecule has 0 radical (unpaired) electrons. The molecule has 196 valence electrons. The molecule has 0 atom stereocenters. The molecule has 0 aliphatic carbocycles. The molecule has 2 amide bonds. The van der Waals surface area contributed by atoms with Crippen LogP contribution in [0, 0.1) is 9.39 Å². The zero-order chi connectivity index (χ0) is 26.8. The van der Waals surface area contributed by atoms with Crippen molar-refractivity contribution in [3.05, 3.63) is 57.4 Å². The summed E-state index contributed by atoms with van der Waals surface area (Å²) < 4.78 is 26.6. The van der Waals surface area contributed by atoms with Crippen LogP contribution in [0.1, 0.15) is 16.1 Å². The van der Waals surface area contributed by atoms with Crippen molar-refractivity contribution in [1.82, 2.24) is 30.2 Å². The fourth-order valence-electron chi connectivity index (χ4n) is 4.30. The standard InChI is InChI=1S/C25H23FIN7O4/c1-37-16-9-17(38-2)21(27)19(20(16)26)14-3-4-15(23-22(14)29-5-6-30-23)24(36)33-25-31-10-13(32-25)11-34-8-7-28-18(35)12-34/h3-6,9-10H,7-8,11-12H2,1-2H3,(H,28,35)(H2,31,32,33,36). The third-order valence-electron chi connectivity index (χ3n) is 6.08. The normalized spacial score (nSPS) is 13.8. The first-order valence-electron chi connectivity index (χ1n) is 11.6. The molecule has 1 aliphatic rings. The molecule has 2 aromatic heterocycles. The number of rotatable bonds is 7. The Morgan fingerprint density at radius 3 is 2.68 bits per heavy atom. The molecule has 1 fully saturated rings. The van der Waals surface area contributed by atoms with E-state index >= 15 is 4.39 Å². The number of hydrogen-bond acceptors (Lipinski definition) is 8. The van der Waals surface area contributed by atoms with Crippen molar-refractivity contribution in [1.29, 1.82) is 0 Å². The third kappa shape index (κ3) is 4.98. The summed E-state index contributed by atoms with van der Waals surface area (Å²) in [5.74, 6) is -0.342. The van der Waals surface area contributed by atoms with Crippen LogP contribution in [0.5, 0.6) is 11.5 Å². The number of fused-ring (bicyclic) bond motifs is 1. The fraction of sp³-hybridized carbons (Fsp3) is 0.240. The highest BCUT2D eigenvalue weighted by Crippen LogP contribution is 2.41. The molecule has 11 nitrogen and oxygen atoms in total. The van der Waals surface area contributed by atoms with Crippen LogP contribution in [0.2, 0.25) is 0 Å². The molecule has 1 aliphatic heterocycles. The largest absolute Gasteiger partial charge is 0.495 e. The maximum absolute atomic E-state index is 15.5. The lowest BCUT2D eigenvalue weighted by Gasteiger charge is -2.25. The van der Waals surface area contributed by atoms with Gasteiger partial charge in [-0.2, -0.15) is 0 Å². The highest BCUT2D eigenvalue weighted by atomic mass is 127. The second-order valence-electron chi connectivity index (χ2n) is 8.45. The number of carbonyl (C=O) groups is 2. The zero-order valence-corrected chi connectivity index (χ0v) is 22.6. The van der Waals surface area contributed by atoms with Crippen molar-refractivity contribution >= 4 is 51.4 Å². The van der Waals surface area contributed by atoms with Gasteiger partial charge in [0.15, 0.2) is 11.6 Å². The van der Waals surface area contributed by atoms with Crippen LogP contribution < -0.4 is 20.1 Å². The number of amides is 2. The monoisotopic (exact) mass is 631 g/mol. The number of nitrogens with zero attached hydrogens (tertiary/aromatic N) is 4. The summed E-state index contributed by atoms with van der Waals surface area (Å²) in [6, 6.07) is 4.67. The number of ether oxygens (including phenoxy) is 2. The molecule has 0 saturated carbocycles. The maximum atomic E-state index is 15.5. The van der Waals surface area contributed by atoms with Gasteiger partial charge in [0.1, 0.15) is 11.3 Å². The number of aromatic amines is 1. The van der Waals surface area contributed by atoms with Gasteiger partial charge in [-0.15, -0.1) is 0 Å². The second-order valence-corrected chi connectivity index (χ2v) is 9.53. The van der Waals surface area contributed by atoms with Gasteiger partial charge < -0.3 is 19.8 Å². The average molecular weight is 631 g/mol. The molecule has 5 rings (SSSR count). The molecule has 2 aromatic carbocycles. The van der Waals surface area contributed by atoms with Gasteiger partial charge in [0.25, 0.3) is 5.91 Å². The predicted molar refractivity (Wildman–Crippen MR) is 146 cm³/mol. The highest BCUT2D eigenvalue weighted by Gasteiger charge is 2.24. The summed E-state index contributed by atoms with van der Waals surface area (Å²) in [6.45, 7) is 2.07. The van der Waals surface area contributed by atoms with Gasteiger partial charge in [-0.05, 0) is 28.7 Å². The van der Waals surface area contributed by atoms with Gasteiger partial charge in [-0.3, -0.25) is 29.8 Å². The lowest BCUT2D eigenvalue weighted by atomic mass is 9.99. The van der Waals surface area contributed by atoms with Crippen LogP contribution in [0.15, 0.2) is 36.8 Å². The first-order chi connectivity index (χ1) is 18.4. The van der Waals surface area contributed by atoms with Crippen molar-refractivity contribution in [3.63, 3.8) is 0 Å². The number of H-pyrrole nitrogens is 1. The van der Waals surface area contributed by atoms with E-state index in [-0.39, 0.29) is 28.7 Å². The van der Waals surface area contributed by atoms with Crippen LogP contribution >= 0.6 is 22.6 Å². The molecule has 3 N–H and O–H groups in total. The van der Waals surface area contributed by atoms with E-state index in [1.165, 1.54) is 32.7 Å². The van der Waals surface area contributed by atoms with Crippen LogP contribution in [-0.4, -0.2) is 70.5 Å². The van der Waals surface area contributed by atoms with Gasteiger partial charge in [0.05, 0.1) is 41.1 Å². The van der Waals surface area contributed by atoms with Crippen LogP contribution in [-0.2, 0) is 11.3 Å². The minimum absolute atomic E-state index is 0.0231. The minimum atomic E-state index is -0.573. The second kappa shape index (κ2) is 10.9. The average Bonchev–Trinajstić information content (AvgIpc) is 3.35. The van der Waals surface area contributed by atoms with Crippen LogP contribution in [0.3, 0.4) is 0 Å². The molecule has 0 unspecified atom stereocenters. The molecule has 0 spiro atoms. The number of methoxy groups -OCH3 is 2. The number of benzene rings is 2. The highest BCUT2D eigenvalue weighted by molar-refractivity contribution is 14.1. The lowest BCUT2D eigenvalue weighted by Crippen LogP contribution is -2.47. The molecular weight excluding hydrogens is 608 g/mol. The van der Waals surface area contributed by atoms with Gasteiger partial charge in [0.2, 0.25) is 11.9 Å². The maximum Gasteiger partial charge on any atom is 0.260 e. The Morgan fingerprint density at radius 1 is 1.18 bits per heavy atom. The Labute approximate surface area is 230 Å². The summed E-state index contributed by atoms with van der Waals surface area (Å²) >= 11 is 2.01. The lowest BCUT2D eigenvalue weighted by molar-refractivity contribution is -0.124. The SMILES string of the molecule is COc1cc(OC)c(I)c(-c2ccc(C(=O)Nc3nc(CN4CCNC(=O)C4)c[nH]3)c3nccnc23)c1F. The minimum Gasteiger partial charge on any atom is -0.495 e. The summed E-state index contributed by atoms with van der Waals surface area (Å²) in [7, 11) is 2.87. The van der Waals surface area contributed by atoms with Crippen molar-refractivity contribution in [2.75, 3.05) is 39.2 Å². The summed E-state index contributed by atoms with van der Waals surface area (Å²) in [4.78, 5) is 43.0. The number of hydrogen-bond donors (Lipinski definition) is 3. The third-order valence-corrected chi connectivity index (χ3v) is 7.15.